The number of hydrogen-bond donors (Lipinski definition) is 2. The van der Waals surface area contributed by atoms with Crippen molar-refractivity contribution >= 4 is 22.6 Å². The summed E-state index contributed by atoms with van der Waals surface area (Å²) in [5.41, 5.74) is 5.81. The van der Waals surface area contributed by atoms with Crippen molar-refractivity contribution in [3.8, 4) is 0 Å². The normalized spacial score (nSPS) is 12.8. The fraction of sp³-hybridized carbons (Fsp3) is 0.273. The van der Waals surface area contributed by atoms with Crippen molar-refractivity contribution in [2.45, 2.75) is 39.2 Å². The molecule has 4 nitrogen and oxygen atoms in total. The number of rotatable bonds is 3. The van der Waals surface area contributed by atoms with E-state index in [1.165, 1.54) is 40.6 Å². The zero-order valence-corrected chi connectivity index (χ0v) is 15.0. The molecule has 2 heterocycles. The zero-order chi connectivity index (χ0) is 18.5. The van der Waals surface area contributed by atoms with E-state index in [0.717, 1.165) is 25.6 Å². The molecule has 0 amide bonds. The summed E-state index contributed by atoms with van der Waals surface area (Å²) in [6, 6.07) is 18.9. The van der Waals surface area contributed by atoms with Crippen molar-refractivity contribution in [3.05, 3.63) is 71.4 Å². The van der Waals surface area contributed by atoms with Gasteiger partial charge in [-0.1, -0.05) is 48.5 Å². The fourth-order valence-corrected chi connectivity index (χ4v) is 3.66. The van der Waals surface area contributed by atoms with Crippen molar-refractivity contribution in [2.75, 3.05) is 0 Å². The summed E-state index contributed by atoms with van der Waals surface area (Å²) in [6.07, 6.45) is 4.29. The molecule has 0 saturated heterocycles. The zero-order valence-electron chi connectivity index (χ0n) is 15.0. The number of carboxylic acid groups (broad SMARTS) is 1. The van der Waals surface area contributed by atoms with E-state index in [9.17, 15) is 0 Å². The van der Waals surface area contributed by atoms with Crippen LogP contribution in [0.3, 0.4) is 0 Å². The Balaban J connectivity index is 0.000000447. The molecule has 1 aromatic heterocycles. The Bertz CT molecular complexity index is 922. The number of aryl methyl sites for hydroxylation is 1. The van der Waals surface area contributed by atoms with Gasteiger partial charge in [-0.05, 0) is 30.9 Å². The monoisotopic (exact) mass is 348 g/mol. The van der Waals surface area contributed by atoms with Gasteiger partial charge in [0.15, 0.2) is 0 Å². The van der Waals surface area contributed by atoms with E-state index in [1.807, 2.05) is 6.07 Å². The van der Waals surface area contributed by atoms with Crippen LogP contribution in [0.15, 0.2) is 54.6 Å². The van der Waals surface area contributed by atoms with Crippen molar-refractivity contribution in [1.82, 2.24) is 4.57 Å². The predicted octanol–water partition coefficient (Wildman–Crippen LogP) is 4.68. The lowest BCUT2D eigenvalue weighted by atomic mass is 9.97. The fourth-order valence-electron chi connectivity index (χ4n) is 3.66. The first-order valence-corrected chi connectivity index (χ1v) is 8.99. The molecule has 0 saturated carbocycles. The third-order valence-corrected chi connectivity index (χ3v) is 4.65. The van der Waals surface area contributed by atoms with Crippen LogP contribution in [0.25, 0.3) is 10.9 Å². The van der Waals surface area contributed by atoms with Crippen molar-refractivity contribution in [1.29, 1.82) is 5.41 Å². The Morgan fingerprint density at radius 1 is 1.08 bits per heavy atom. The van der Waals surface area contributed by atoms with E-state index in [1.54, 1.807) is 0 Å². The smallest absolute Gasteiger partial charge is 0.300 e. The lowest BCUT2D eigenvalue weighted by molar-refractivity contribution is -0.134. The number of hydrogen-bond acceptors (Lipinski definition) is 2. The van der Waals surface area contributed by atoms with Gasteiger partial charge in [-0.3, -0.25) is 4.79 Å². The van der Waals surface area contributed by atoms with Gasteiger partial charge in [-0.25, -0.2) is 0 Å². The molecule has 3 aromatic rings. The van der Waals surface area contributed by atoms with Crippen LogP contribution in [-0.4, -0.2) is 21.4 Å². The molecule has 4 heteroatoms. The third kappa shape index (κ3) is 3.85. The number of para-hydroxylation sites is 1. The number of benzene rings is 2. The van der Waals surface area contributed by atoms with E-state index in [-0.39, 0.29) is 0 Å². The number of nitrogens with zero attached hydrogens (tertiary/aromatic N) is 1. The standard InChI is InChI=1S/C20H20N2.C2H4O2/c21-17(14-15-8-2-1-3-9-15)20-16-10-4-5-11-18(16)22-13-7-6-12-19(20)22;1-2(3)4/h1-5,8-11,21H,6-7,12-14H2;1H3,(H,3,4). The Hall–Kier alpha value is -2.88. The maximum Gasteiger partial charge on any atom is 0.300 e. The molecular formula is C22H24N2O2. The minimum atomic E-state index is -0.833. The van der Waals surface area contributed by atoms with E-state index in [4.69, 9.17) is 15.3 Å². The minimum Gasteiger partial charge on any atom is -0.481 e. The maximum atomic E-state index is 9.00. The van der Waals surface area contributed by atoms with E-state index in [0.29, 0.717) is 6.42 Å². The lowest BCUT2D eigenvalue weighted by Gasteiger charge is -2.17. The summed E-state index contributed by atoms with van der Waals surface area (Å²) >= 11 is 0. The van der Waals surface area contributed by atoms with Crippen molar-refractivity contribution in [2.24, 2.45) is 0 Å². The van der Waals surface area contributed by atoms with Gasteiger partial charge >= 0.3 is 0 Å². The highest BCUT2D eigenvalue weighted by Crippen LogP contribution is 2.31. The van der Waals surface area contributed by atoms with Gasteiger partial charge in [-0.2, -0.15) is 0 Å². The molecule has 0 bridgehead atoms. The molecule has 134 valence electrons. The van der Waals surface area contributed by atoms with Crippen LogP contribution in [0.1, 0.15) is 36.6 Å². The quantitative estimate of drug-likeness (QED) is 0.675. The first-order chi connectivity index (χ1) is 12.6. The van der Waals surface area contributed by atoms with Gasteiger partial charge in [0.25, 0.3) is 5.97 Å². The molecular weight excluding hydrogens is 324 g/mol. The van der Waals surface area contributed by atoms with E-state index >= 15 is 0 Å². The number of nitrogens with one attached hydrogen (secondary N) is 1. The summed E-state index contributed by atoms with van der Waals surface area (Å²) in [6.45, 7) is 2.18. The Morgan fingerprint density at radius 3 is 2.46 bits per heavy atom. The van der Waals surface area contributed by atoms with Gasteiger partial charge in [0.1, 0.15) is 0 Å². The summed E-state index contributed by atoms with van der Waals surface area (Å²) in [5.74, 6) is -0.833. The third-order valence-electron chi connectivity index (χ3n) is 4.65. The van der Waals surface area contributed by atoms with Crippen LogP contribution in [0, 0.1) is 5.41 Å². The molecule has 26 heavy (non-hydrogen) atoms. The average Bonchev–Trinajstić information content (AvgIpc) is 2.97. The van der Waals surface area contributed by atoms with Gasteiger partial charge < -0.3 is 15.1 Å². The van der Waals surface area contributed by atoms with Crippen LogP contribution < -0.4 is 0 Å². The van der Waals surface area contributed by atoms with Crippen LogP contribution >= 0.6 is 0 Å². The first kappa shape index (κ1) is 17.9. The highest BCUT2D eigenvalue weighted by molar-refractivity contribution is 6.11. The van der Waals surface area contributed by atoms with E-state index < -0.39 is 5.97 Å². The predicted molar refractivity (Wildman–Crippen MR) is 105 cm³/mol. The second-order valence-electron chi connectivity index (χ2n) is 6.61. The van der Waals surface area contributed by atoms with Crippen LogP contribution in [0.2, 0.25) is 0 Å². The number of carbonyl (C=O) groups is 1. The maximum absolute atomic E-state index is 9.00. The molecule has 1 aliphatic heterocycles. The average molecular weight is 348 g/mol. The summed E-state index contributed by atoms with van der Waals surface area (Å²) < 4.78 is 2.44. The molecule has 4 rings (SSSR count). The number of fused-ring (bicyclic) bond motifs is 3. The van der Waals surface area contributed by atoms with Crippen LogP contribution in [0.4, 0.5) is 0 Å². The topological polar surface area (TPSA) is 66.1 Å². The molecule has 0 spiro atoms. The molecule has 0 atom stereocenters. The molecule has 1 aliphatic rings. The number of carboxylic acids is 1. The van der Waals surface area contributed by atoms with E-state index in [2.05, 4.69) is 53.1 Å². The molecule has 0 fully saturated rings. The second-order valence-corrected chi connectivity index (χ2v) is 6.61. The van der Waals surface area contributed by atoms with Gasteiger partial charge in [0, 0.05) is 47.8 Å². The Labute approximate surface area is 153 Å². The first-order valence-electron chi connectivity index (χ1n) is 8.99. The lowest BCUT2D eigenvalue weighted by Crippen LogP contribution is -2.13. The minimum absolute atomic E-state index is 0.710. The highest BCUT2D eigenvalue weighted by atomic mass is 16.4. The summed E-state index contributed by atoms with van der Waals surface area (Å²) in [4.78, 5) is 9.00. The molecule has 0 unspecified atom stereocenters. The summed E-state index contributed by atoms with van der Waals surface area (Å²) in [7, 11) is 0. The van der Waals surface area contributed by atoms with Gasteiger partial charge in [0.2, 0.25) is 0 Å². The molecule has 0 aliphatic carbocycles. The van der Waals surface area contributed by atoms with Crippen LogP contribution in [0.5, 0.6) is 0 Å². The molecule has 0 radical (unpaired) electrons. The molecule has 2 N–H and O–H groups in total. The second kappa shape index (κ2) is 8.00. The number of aromatic nitrogens is 1. The molecule has 2 aromatic carbocycles. The highest BCUT2D eigenvalue weighted by Gasteiger charge is 2.21. The van der Waals surface area contributed by atoms with Gasteiger partial charge in [-0.15, -0.1) is 0 Å². The van der Waals surface area contributed by atoms with Crippen LogP contribution in [-0.2, 0) is 24.2 Å². The van der Waals surface area contributed by atoms with Crippen molar-refractivity contribution in [3.63, 3.8) is 0 Å². The van der Waals surface area contributed by atoms with Gasteiger partial charge in [0.05, 0.1) is 0 Å². The number of aliphatic carboxylic acids is 1. The largest absolute Gasteiger partial charge is 0.481 e. The Morgan fingerprint density at radius 2 is 1.73 bits per heavy atom. The van der Waals surface area contributed by atoms with Crippen molar-refractivity contribution < 1.29 is 9.90 Å². The SMILES string of the molecule is CC(=O)O.N=C(Cc1ccccc1)c1c2n(c3ccccc13)CCCC2. The Kier molecular flexibility index (Phi) is 5.52. The summed E-state index contributed by atoms with van der Waals surface area (Å²) in [5, 5.41) is 17.4.